The molecule has 4 nitrogen and oxygen atoms in total. The van der Waals surface area contributed by atoms with Gasteiger partial charge in [-0.15, -0.1) is 0 Å². The van der Waals surface area contributed by atoms with E-state index >= 15 is 0 Å². The lowest BCUT2D eigenvalue weighted by Crippen LogP contribution is -2.24. The number of benzene rings is 1. The van der Waals surface area contributed by atoms with Crippen molar-refractivity contribution in [3.63, 3.8) is 0 Å². The summed E-state index contributed by atoms with van der Waals surface area (Å²) in [7, 11) is -3.12. The molecule has 0 bridgehead atoms. The summed E-state index contributed by atoms with van der Waals surface area (Å²) in [6.07, 6.45) is 2.72. The first-order chi connectivity index (χ1) is 9.80. The molecule has 120 valence electrons. The highest BCUT2D eigenvalue weighted by molar-refractivity contribution is 7.91. The van der Waals surface area contributed by atoms with Crippen LogP contribution in [-0.2, 0) is 9.84 Å². The van der Waals surface area contributed by atoms with Crippen molar-refractivity contribution in [3.05, 3.63) is 24.3 Å². The second kappa shape index (κ2) is 7.80. The van der Waals surface area contributed by atoms with E-state index in [4.69, 9.17) is 5.73 Å². The SMILES string of the molecule is CCCS(=O)(=O)c1ccc(NCC(C)(C)CCCN)cc1. The van der Waals surface area contributed by atoms with Gasteiger partial charge in [-0.05, 0) is 55.5 Å². The Bertz CT molecular complexity index is 522. The average molecular weight is 312 g/mol. The van der Waals surface area contributed by atoms with Gasteiger partial charge in [-0.3, -0.25) is 0 Å². The van der Waals surface area contributed by atoms with Crippen LogP contribution in [0.2, 0.25) is 0 Å². The molecule has 0 aliphatic rings. The molecular formula is C16H28N2O2S. The maximum absolute atomic E-state index is 11.9. The summed E-state index contributed by atoms with van der Waals surface area (Å²) in [5.74, 6) is 0.200. The molecule has 0 unspecified atom stereocenters. The second-order valence-electron chi connectivity index (χ2n) is 6.25. The van der Waals surface area contributed by atoms with Crippen LogP contribution in [0.4, 0.5) is 5.69 Å². The number of nitrogens with two attached hydrogens (primary N) is 1. The normalized spacial score (nSPS) is 12.4. The van der Waals surface area contributed by atoms with Crippen LogP contribution in [-0.4, -0.2) is 27.3 Å². The Balaban J connectivity index is 2.63. The van der Waals surface area contributed by atoms with E-state index in [-0.39, 0.29) is 11.2 Å². The fourth-order valence-electron chi connectivity index (χ4n) is 2.18. The average Bonchev–Trinajstić information content (AvgIpc) is 2.44. The van der Waals surface area contributed by atoms with Gasteiger partial charge in [0.1, 0.15) is 0 Å². The summed E-state index contributed by atoms with van der Waals surface area (Å²) in [6, 6.07) is 7.03. The third-order valence-corrected chi connectivity index (χ3v) is 5.45. The number of hydrogen-bond acceptors (Lipinski definition) is 4. The molecule has 1 aromatic rings. The predicted molar refractivity (Wildman–Crippen MR) is 89.3 cm³/mol. The van der Waals surface area contributed by atoms with Gasteiger partial charge in [-0.1, -0.05) is 20.8 Å². The van der Waals surface area contributed by atoms with Crippen LogP contribution >= 0.6 is 0 Å². The molecule has 0 aromatic heterocycles. The molecule has 0 amide bonds. The lowest BCUT2D eigenvalue weighted by molar-refractivity contribution is 0.350. The number of hydrogen-bond donors (Lipinski definition) is 2. The zero-order chi connectivity index (χ0) is 15.9. The highest BCUT2D eigenvalue weighted by Gasteiger charge is 2.17. The van der Waals surface area contributed by atoms with E-state index in [1.165, 1.54) is 0 Å². The fourth-order valence-corrected chi connectivity index (χ4v) is 3.50. The molecule has 0 spiro atoms. The van der Waals surface area contributed by atoms with Crippen molar-refractivity contribution in [2.45, 2.75) is 44.9 Å². The van der Waals surface area contributed by atoms with Crippen LogP contribution in [0.5, 0.6) is 0 Å². The molecule has 1 rings (SSSR count). The van der Waals surface area contributed by atoms with E-state index in [9.17, 15) is 8.42 Å². The van der Waals surface area contributed by atoms with Gasteiger partial charge in [0.15, 0.2) is 9.84 Å². The first kappa shape index (κ1) is 18.0. The molecule has 3 N–H and O–H groups in total. The van der Waals surface area contributed by atoms with Crippen LogP contribution in [0.1, 0.15) is 40.0 Å². The zero-order valence-electron chi connectivity index (χ0n) is 13.4. The minimum Gasteiger partial charge on any atom is -0.385 e. The maximum atomic E-state index is 11.9. The van der Waals surface area contributed by atoms with Crippen molar-refractivity contribution in [2.24, 2.45) is 11.1 Å². The number of nitrogens with one attached hydrogen (secondary N) is 1. The molecule has 21 heavy (non-hydrogen) atoms. The maximum Gasteiger partial charge on any atom is 0.178 e. The fraction of sp³-hybridized carbons (Fsp3) is 0.625. The van der Waals surface area contributed by atoms with Crippen LogP contribution in [0.15, 0.2) is 29.2 Å². The van der Waals surface area contributed by atoms with Crippen molar-refractivity contribution in [1.82, 2.24) is 0 Å². The van der Waals surface area contributed by atoms with Crippen LogP contribution < -0.4 is 11.1 Å². The molecule has 0 radical (unpaired) electrons. The second-order valence-corrected chi connectivity index (χ2v) is 8.36. The number of rotatable bonds is 9. The summed E-state index contributed by atoms with van der Waals surface area (Å²) in [4.78, 5) is 0.400. The molecule has 0 aliphatic carbocycles. The van der Waals surface area contributed by atoms with Crippen LogP contribution in [0.25, 0.3) is 0 Å². The summed E-state index contributed by atoms with van der Waals surface area (Å²) in [5, 5.41) is 3.37. The standard InChI is InChI=1S/C16H28N2O2S/c1-4-12-21(19,20)15-8-6-14(7-9-15)18-13-16(2,3)10-5-11-17/h6-9,18H,4-5,10-13,17H2,1-3H3. The first-order valence-corrected chi connectivity index (χ1v) is 9.23. The monoisotopic (exact) mass is 312 g/mol. The lowest BCUT2D eigenvalue weighted by Gasteiger charge is -2.25. The van der Waals surface area contributed by atoms with Crippen molar-refractivity contribution in [1.29, 1.82) is 0 Å². The van der Waals surface area contributed by atoms with Gasteiger partial charge < -0.3 is 11.1 Å². The minimum atomic E-state index is -3.12. The lowest BCUT2D eigenvalue weighted by atomic mass is 9.87. The quantitative estimate of drug-likeness (QED) is 0.735. The van der Waals surface area contributed by atoms with Gasteiger partial charge in [0.2, 0.25) is 0 Å². The van der Waals surface area contributed by atoms with E-state index in [1.807, 2.05) is 19.1 Å². The molecule has 0 atom stereocenters. The third-order valence-electron chi connectivity index (χ3n) is 3.52. The molecule has 0 fully saturated rings. The van der Waals surface area contributed by atoms with Gasteiger partial charge >= 0.3 is 0 Å². The van der Waals surface area contributed by atoms with Gasteiger partial charge in [0, 0.05) is 12.2 Å². The van der Waals surface area contributed by atoms with Crippen LogP contribution in [0.3, 0.4) is 0 Å². The molecular weight excluding hydrogens is 284 g/mol. The van der Waals surface area contributed by atoms with Crippen molar-refractivity contribution in [2.75, 3.05) is 24.2 Å². The number of anilines is 1. The molecule has 0 saturated heterocycles. The predicted octanol–water partition coefficient (Wildman–Crippen LogP) is 3.05. The first-order valence-electron chi connectivity index (χ1n) is 7.57. The highest BCUT2D eigenvalue weighted by atomic mass is 32.2. The van der Waals surface area contributed by atoms with E-state index < -0.39 is 9.84 Å². The Morgan fingerprint density at radius 3 is 2.33 bits per heavy atom. The van der Waals surface area contributed by atoms with Gasteiger partial charge in [-0.2, -0.15) is 0 Å². The molecule has 0 heterocycles. The Morgan fingerprint density at radius 2 is 1.81 bits per heavy atom. The molecule has 0 aliphatic heterocycles. The van der Waals surface area contributed by atoms with E-state index in [0.717, 1.165) is 25.1 Å². The molecule has 5 heteroatoms. The van der Waals surface area contributed by atoms with Gasteiger partial charge in [0.05, 0.1) is 10.6 Å². The van der Waals surface area contributed by atoms with E-state index in [2.05, 4.69) is 19.2 Å². The van der Waals surface area contributed by atoms with Crippen molar-refractivity contribution < 1.29 is 8.42 Å². The van der Waals surface area contributed by atoms with Gasteiger partial charge in [-0.25, -0.2) is 8.42 Å². The summed E-state index contributed by atoms with van der Waals surface area (Å²) < 4.78 is 23.9. The largest absolute Gasteiger partial charge is 0.385 e. The minimum absolute atomic E-state index is 0.173. The topological polar surface area (TPSA) is 72.2 Å². The zero-order valence-corrected chi connectivity index (χ0v) is 14.2. The van der Waals surface area contributed by atoms with E-state index in [1.54, 1.807) is 12.1 Å². The Hall–Kier alpha value is -1.07. The Labute approximate surface area is 129 Å². The Morgan fingerprint density at radius 1 is 1.19 bits per heavy atom. The van der Waals surface area contributed by atoms with Crippen LogP contribution in [0, 0.1) is 5.41 Å². The van der Waals surface area contributed by atoms with E-state index in [0.29, 0.717) is 17.9 Å². The Kier molecular flexibility index (Phi) is 6.68. The molecule has 1 aromatic carbocycles. The summed E-state index contributed by atoms with van der Waals surface area (Å²) in [5.41, 5.74) is 6.67. The number of sulfone groups is 1. The summed E-state index contributed by atoms with van der Waals surface area (Å²) in [6.45, 7) is 7.84. The van der Waals surface area contributed by atoms with Crippen molar-refractivity contribution >= 4 is 15.5 Å². The smallest absolute Gasteiger partial charge is 0.178 e. The third kappa shape index (κ3) is 6.06. The summed E-state index contributed by atoms with van der Waals surface area (Å²) >= 11 is 0. The van der Waals surface area contributed by atoms with Gasteiger partial charge in [0.25, 0.3) is 0 Å². The molecule has 0 saturated carbocycles. The van der Waals surface area contributed by atoms with Crippen molar-refractivity contribution in [3.8, 4) is 0 Å². The highest BCUT2D eigenvalue weighted by Crippen LogP contribution is 2.23.